The topological polar surface area (TPSA) is 12.0 Å². The van der Waals surface area contributed by atoms with Gasteiger partial charge in [-0.25, -0.2) is 0 Å². The number of benzene rings is 1. The fourth-order valence-electron chi connectivity index (χ4n) is 3.43. The second-order valence-electron chi connectivity index (χ2n) is 7.39. The lowest BCUT2D eigenvalue weighted by Gasteiger charge is -2.38. The van der Waals surface area contributed by atoms with Crippen LogP contribution in [0.3, 0.4) is 0 Å². The van der Waals surface area contributed by atoms with Gasteiger partial charge < -0.3 is 5.32 Å². The van der Waals surface area contributed by atoms with Crippen LogP contribution < -0.4 is 5.32 Å². The maximum Gasteiger partial charge on any atom is 0.0406 e. The summed E-state index contributed by atoms with van der Waals surface area (Å²) >= 11 is 6.00. The van der Waals surface area contributed by atoms with Gasteiger partial charge in [0.2, 0.25) is 0 Å². The summed E-state index contributed by atoms with van der Waals surface area (Å²) in [7, 11) is 0. The van der Waals surface area contributed by atoms with Crippen molar-refractivity contribution in [3.63, 3.8) is 0 Å². The Morgan fingerprint density at radius 1 is 1.19 bits per heavy atom. The summed E-state index contributed by atoms with van der Waals surface area (Å²) in [5.41, 5.74) is 1.95. The first-order valence-corrected chi connectivity index (χ1v) is 8.86. The van der Waals surface area contributed by atoms with Crippen LogP contribution in [0.5, 0.6) is 0 Å². The zero-order chi connectivity index (χ0) is 15.3. The van der Waals surface area contributed by atoms with Gasteiger partial charge in [-0.3, -0.25) is 0 Å². The van der Waals surface area contributed by atoms with E-state index in [1.54, 1.807) is 0 Å². The molecule has 1 nitrogen and oxygen atoms in total. The first-order chi connectivity index (χ1) is 10.00. The van der Waals surface area contributed by atoms with Crippen LogP contribution in [-0.2, 0) is 6.42 Å². The summed E-state index contributed by atoms with van der Waals surface area (Å²) in [4.78, 5) is 0. The zero-order valence-electron chi connectivity index (χ0n) is 13.8. The van der Waals surface area contributed by atoms with E-state index in [1.165, 1.54) is 37.7 Å². The third-order valence-electron chi connectivity index (χ3n) is 4.98. The number of halogens is 1. The monoisotopic (exact) mass is 307 g/mol. The van der Waals surface area contributed by atoms with Gasteiger partial charge in [-0.15, -0.1) is 0 Å². The number of hydrogen-bond acceptors (Lipinski definition) is 1. The molecule has 1 aromatic rings. The summed E-state index contributed by atoms with van der Waals surface area (Å²) < 4.78 is 0. The van der Waals surface area contributed by atoms with Gasteiger partial charge in [0.05, 0.1) is 0 Å². The smallest absolute Gasteiger partial charge is 0.0406 e. The molecule has 1 atom stereocenters. The van der Waals surface area contributed by atoms with Crippen LogP contribution in [-0.4, -0.2) is 12.6 Å². The van der Waals surface area contributed by atoms with Gasteiger partial charge in [-0.2, -0.15) is 0 Å². The van der Waals surface area contributed by atoms with E-state index in [0.717, 1.165) is 23.9 Å². The molecule has 0 saturated heterocycles. The lowest BCUT2D eigenvalue weighted by atomic mass is 9.70. The van der Waals surface area contributed by atoms with Crippen molar-refractivity contribution in [2.24, 2.45) is 11.3 Å². The average molecular weight is 308 g/mol. The van der Waals surface area contributed by atoms with E-state index in [1.807, 2.05) is 12.1 Å². The molecule has 0 aromatic heterocycles. The second-order valence-corrected chi connectivity index (χ2v) is 7.83. The highest BCUT2D eigenvalue weighted by molar-refractivity contribution is 6.30. The summed E-state index contributed by atoms with van der Waals surface area (Å²) in [5, 5.41) is 4.63. The van der Waals surface area contributed by atoms with E-state index < -0.39 is 0 Å². The molecule has 0 heterocycles. The quantitative estimate of drug-likeness (QED) is 0.735. The van der Waals surface area contributed by atoms with Crippen LogP contribution in [0, 0.1) is 11.3 Å². The highest BCUT2D eigenvalue weighted by Crippen LogP contribution is 2.39. The van der Waals surface area contributed by atoms with E-state index in [4.69, 9.17) is 11.6 Å². The minimum atomic E-state index is 0.548. The van der Waals surface area contributed by atoms with Crippen molar-refractivity contribution in [1.29, 1.82) is 0 Å². The van der Waals surface area contributed by atoms with Crippen LogP contribution in [0.2, 0.25) is 5.02 Å². The van der Waals surface area contributed by atoms with Gasteiger partial charge in [-0.05, 0) is 74.1 Å². The van der Waals surface area contributed by atoms with Crippen molar-refractivity contribution in [3.05, 3.63) is 34.9 Å². The molecule has 0 aliphatic heterocycles. The maximum absolute atomic E-state index is 6.00. The molecule has 0 radical (unpaired) electrons. The molecule has 0 spiro atoms. The Morgan fingerprint density at radius 2 is 1.81 bits per heavy atom. The Kier molecular flexibility index (Phi) is 6.13. The Balaban J connectivity index is 1.99. The van der Waals surface area contributed by atoms with Crippen LogP contribution in [0.25, 0.3) is 0 Å². The molecule has 118 valence electrons. The molecule has 1 N–H and O–H groups in total. The van der Waals surface area contributed by atoms with Crippen LogP contribution >= 0.6 is 11.6 Å². The van der Waals surface area contributed by atoms with Crippen molar-refractivity contribution in [2.45, 2.75) is 65.3 Å². The van der Waals surface area contributed by atoms with Crippen molar-refractivity contribution in [1.82, 2.24) is 5.32 Å². The third-order valence-corrected chi connectivity index (χ3v) is 5.23. The minimum Gasteiger partial charge on any atom is -0.313 e. The SMILES string of the molecule is CCCNC(Cc1ccc(Cl)cc1)C1CCC(C)(C)CC1. The Hall–Kier alpha value is -0.530. The molecule has 0 bridgehead atoms. The van der Waals surface area contributed by atoms with Crippen LogP contribution in [0.15, 0.2) is 24.3 Å². The lowest BCUT2D eigenvalue weighted by molar-refractivity contribution is 0.160. The second kappa shape index (κ2) is 7.65. The number of hydrogen-bond donors (Lipinski definition) is 1. The molecule has 2 rings (SSSR count). The molecule has 1 aliphatic rings. The summed E-state index contributed by atoms with van der Waals surface area (Å²) in [6.45, 7) is 8.20. The highest BCUT2D eigenvalue weighted by atomic mass is 35.5. The molecule has 21 heavy (non-hydrogen) atoms. The average Bonchev–Trinajstić information content (AvgIpc) is 2.46. The van der Waals surface area contributed by atoms with Crippen LogP contribution in [0.1, 0.15) is 58.4 Å². The summed E-state index contributed by atoms with van der Waals surface area (Å²) in [6, 6.07) is 8.99. The largest absolute Gasteiger partial charge is 0.313 e. The molecule has 2 heteroatoms. The molecule has 1 aromatic carbocycles. The van der Waals surface area contributed by atoms with Crippen molar-refractivity contribution < 1.29 is 0 Å². The molecule has 1 saturated carbocycles. The van der Waals surface area contributed by atoms with Crippen molar-refractivity contribution in [3.8, 4) is 0 Å². The van der Waals surface area contributed by atoms with Gasteiger partial charge in [0.1, 0.15) is 0 Å². The zero-order valence-corrected chi connectivity index (χ0v) is 14.5. The van der Waals surface area contributed by atoms with Crippen molar-refractivity contribution in [2.75, 3.05) is 6.54 Å². The molecule has 1 fully saturated rings. The molecular formula is C19H30ClN. The number of nitrogens with one attached hydrogen (secondary N) is 1. The van der Waals surface area contributed by atoms with Gasteiger partial charge in [0.25, 0.3) is 0 Å². The first kappa shape index (κ1) is 16.8. The van der Waals surface area contributed by atoms with Gasteiger partial charge >= 0.3 is 0 Å². The summed E-state index contributed by atoms with van der Waals surface area (Å²) in [5.74, 6) is 0.820. The normalized spacial score (nSPS) is 20.4. The highest BCUT2D eigenvalue weighted by Gasteiger charge is 2.31. The van der Waals surface area contributed by atoms with E-state index in [2.05, 4.69) is 38.2 Å². The predicted molar refractivity (Wildman–Crippen MR) is 93.0 cm³/mol. The first-order valence-electron chi connectivity index (χ1n) is 8.48. The number of rotatable bonds is 6. The van der Waals surface area contributed by atoms with E-state index >= 15 is 0 Å². The standard InChI is InChI=1S/C19H30ClN/c1-4-13-21-18(14-15-5-7-17(20)8-6-15)16-9-11-19(2,3)12-10-16/h5-8,16,18,21H,4,9-14H2,1-3H3. The van der Waals surface area contributed by atoms with E-state index in [-0.39, 0.29) is 0 Å². The predicted octanol–water partition coefficient (Wildman–Crippen LogP) is 5.47. The Bertz CT molecular complexity index is 414. The van der Waals surface area contributed by atoms with E-state index in [9.17, 15) is 0 Å². The fraction of sp³-hybridized carbons (Fsp3) is 0.684. The molecule has 0 amide bonds. The van der Waals surface area contributed by atoms with Crippen LogP contribution in [0.4, 0.5) is 0 Å². The van der Waals surface area contributed by atoms with Gasteiger partial charge in [0, 0.05) is 11.1 Å². The lowest BCUT2D eigenvalue weighted by Crippen LogP contribution is -2.41. The maximum atomic E-state index is 6.00. The third kappa shape index (κ3) is 5.30. The minimum absolute atomic E-state index is 0.548. The molecular weight excluding hydrogens is 278 g/mol. The summed E-state index contributed by atoms with van der Waals surface area (Å²) in [6.07, 6.45) is 7.78. The molecule has 1 unspecified atom stereocenters. The Morgan fingerprint density at radius 3 is 2.38 bits per heavy atom. The van der Waals surface area contributed by atoms with Gasteiger partial charge in [-0.1, -0.05) is 44.5 Å². The van der Waals surface area contributed by atoms with Crippen molar-refractivity contribution >= 4 is 11.6 Å². The van der Waals surface area contributed by atoms with Gasteiger partial charge in [0.15, 0.2) is 0 Å². The molecule has 1 aliphatic carbocycles. The fourth-order valence-corrected chi connectivity index (χ4v) is 3.56. The van der Waals surface area contributed by atoms with E-state index in [0.29, 0.717) is 11.5 Å². The Labute approximate surface area is 135 Å².